The Kier molecular flexibility index (Phi) is 5.88. The number of hydrogen-bond donors (Lipinski definition) is 0. The van der Waals surface area contributed by atoms with E-state index in [1.807, 2.05) is 23.1 Å². The molecular formula is C23H31NO4. The van der Waals surface area contributed by atoms with Gasteiger partial charge in [-0.1, -0.05) is 24.6 Å². The van der Waals surface area contributed by atoms with E-state index < -0.39 is 5.41 Å². The maximum Gasteiger partial charge on any atom is 0.312 e. The average Bonchev–Trinajstić information content (AvgIpc) is 3.53. The largest absolute Gasteiger partial charge is 0.490 e. The van der Waals surface area contributed by atoms with E-state index in [9.17, 15) is 9.59 Å². The highest BCUT2D eigenvalue weighted by Gasteiger charge is 2.43. The fourth-order valence-electron chi connectivity index (χ4n) is 4.51. The van der Waals surface area contributed by atoms with Crippen molar-refractivity contribution in [3.05, 3.63) is 29.8 Å². The SMILES string of the molecule is O=C(CC1CC1)N1CCC2(CCCCc3ccccc3OCCOC2=O)CC1. The number of likely N-dealkylation sites (tertiary alicyclic amines) is 1. The van der Waals surface area contributed by atoms with Crippen LogP contribution in [0.15, 0.2) is 24.3 Å². The lowest BCUT2D eigenvalue weighted by molar-refractivity contribution is -0.162. The molecule has 1 saturated carbocycles. The molecule has 28 heavy (non-hydrogen) atoms. The zero-order chi connectivity index (χ0) is 19.4. The molecule has 1 aromatic rings. The van der Waals surface area contributed by atoms with Crippen LogP contribution in [0.25, 0.3) is 0 Å². The number of ether oxygens (including phenoxy) is 2. The van der Waals surface area contributed by atoms with Crippen molar-refractivity contribution in [2.24, 2.45) is 11.3 Å². The third kappa shape index (κ3) is 4.50. The molecule has 4 rings (SSSR count). The van der Waals surface area contributed by atoms with Crippen LogP contribution >= 0.6 is 0 Å². The van der Waals surface area contributed by atoms with Crippen LogP contribution in [-0.4, -0.2) is 43.1 Å². The summed E-state index contributed by atoms with van der Waals surface area (Å²) in [4.78, 5) is 27.3. The molecule has 2 heterocycles. The van der Waals surface area contributed by atoms with Crippen molar-refractivity contribution in [3.8, 4) is 5.75 Å². The number of hydrogen-bond acceptors (Lipinski definition) is 4. The van der Waals surface area contributed by atoms with Crippen LogP contribution in [0.4, 0.5) is 0 Å². The van der Waals surface area contributed by atoms with E-state index >= 15 is 0 Å². The van der Waals surface area contributed by atoms with Gasteiger partial charge in [0.25, 0.3) is 0 Å². The third-order valence-corrected chi connectivity index (χ3v) is 6.56. The summed E-state index contributed by atoms with van der Waals surface area (Å²) in [5.41, 5.74) is 0.790. The van der Waals surface area contributed by atoms with Gasteiger partial charge >= 0.3 is 5.97 Å². The van der Waals surface area contributed by atoms with Crippen molar-refractivity contribution in [1.82, 2.24) is 4.90 Å². The van der Waals surface area contributed by atoms with Crippen LogP contribution in [0.2, 0.25) is 0 Å². The van der Waals surface area contributed by atoms with E-state index in [1.54, 1.807) is 0 Å². The fourth-order valence-corrected chi connectivity index (χ4v) is 4.51. The Bertz CT molecular complexity index is 704. The van der Waals surface area contributed by atoms with Crippen molar-refractivity contribution in [1.29, 1.82) is 0 Å². The first-order valence-corrected chi connectivity index (χ1v) is 10.8. The zero-order valence-electron chi connectivity index (χ0n) is 16.7. The molecule has 152 valence electrons. The zero-order valence-corrected chi connectivity index (χ0v) is 16.7. The number of fused-ring (bicyclic) bond motifs is 1. The minimum absolute atomic E-state index is 0.0979. The van der Waals surface area contributed by atoms with Crippen molar-refractivity contribution in [2.75, 3.05) is 26.3 Å². The summed E-state index contributed by atoms with van der Waals surface area (Å²) >= 11 is 0. The molecule has 1 spiro atoms. The number of amides is 1. The molecule has 2 fully saturated rings. The summed E-state index contributed by atoms with van der Waals surface area (Å²) in [5.74, 6) is 1.68. The van der Waals surface area contributed by atoms with E-state index in [0.717, 1.165) is 44.3 Å². The summed E-state index contributed by atoms with van der Waals surface area (Å²) in [5, 5.41) is 0. The van der Waals surface area contributed by atoms with Gasteiger partial charge < -0.3 is 14.4 Å². The highest BCUT2D eigenvalue weighted by molar-refractivity contribution is 5.79. The van der Waals surface area contributed by atoms with Gasteiger partial charge in [-0.15, -0.1) is 0 Å². The lowest BCUT2D eigenvalue weighted by Gasteiger charge is -2.40. The maximum atomic E-state index is 12.9. The quantitative estimate of drug-likeness (QED) is 0.728. The van der Waals surface area contributed by atoms with Crippen LogP contribution in [0.1, 0.15) is 56.9 Å². The number of rotatable bonds is 2. The maximum absolute atomic E-state index is 12.9. The Morgan fingerprint density at radius 2 is 1.79 bits per heavy atom. The Morgan fingerprint density at radius 1 is 1.04 bits per heavy atom. The molecule has 1 saturated heterocycles. The van der Waals surface area contributed by atoms with Crippen LogP contribution in [-0.2, 0) is 20.7 Å². The molecular weight excluding hydrogens is 354 g/mol. The number of para-hydroxylation sites is 1. The van der Waals surface area contributed by atoms with Crippen molar-refractivity contribution >= 4 is 11.9 Å². The third-order valence-electron chi connectivity index (χ3n) is 6.56. The first kappa shape index (κ1) is 19.3. The van der Waals surface area contributed by atoms with Gasteiger partial charge in [-0.25, -0.2) is 0 Å². The highest BCUT2D eigenvalue weighted by atomic mass is 16.6. The number of carbonyl (C=O) groups excluding carboxylic acids is 2. The Balaban J connectivity index is 1.38. The highest BCUT2D eigenvalue weighted by Crippen LogP contribution is 2.40. The Labute approximate surface area is 167 Å². The number of nitrogens with zero attached hydrogens (tertiary/aromatic N) is 1. The molecule has 0 unspecified atom stereocenters. The minimum Gasteiger partial charge on any atom is -0.490 e. The second kappa shape index (κ2) is 8.54. The minimum atomic E-state index is -0.435. The van der Waals surface area contributed by atoms with Crippen molar-refractivity contribution < 1.29 is 19.1 Å². The molecule has 1 aliphatic carbocycles. The molecule has 1 aromatic carbocycles. The Morgan fingerprint density at radius 3 is 2.57 bits per heavy atom. The predicted octanol–water partition coefficient (Wildman–Crippen LogP) is 3.74. The van der Waals surface area contributed by atoms with Crippen LogP contribution < -0.4 is 4.74 Å². The number of benzene rings is 1. The molecule has 5 nitrogen and oxygen atoms in total. The molecule has 1 amide bonds. The van der Waals surface area contributed by atoms with Gasteiger partial charge in [0, 0.05) is 19.5 Å². The molecule has 5 heteroatoms. The van der Waals surface area contributed by atoms with E-state index in [2.05, 4.69) is 6.07 Å². The molecule has 2 aliphatic heterocycles. The number of aryl methyl sites for hydroxylation is 1. The first-order chi connectivity index (χ1) is 13.7. The summed E-state index contributed by atoms with van der Waals surface area (Å²) in [6, 6.07) is 8.12. The topological polar surface area (TPSA) is 55.8 Å². The van der Waals surface area contributed by atoms with Gasteiger partial charge in [0.05, 0.1) is 5.41 Å². The standard InChI is InChI=1S/C23H31NO4/c25-21(17-18-8-9-18)24-13-11-23(12-14-24)10-4-3-6-19-5-1-2-7-20(19)27-15-16-28-22(23)26/h1-2,5,7,18H,3-4,6,8-17H2. The van der Waals surface area contributed by atoms with Gasteiger partial charge in [-0.2, -0.15) is 0 Å². The van der Waals surface area contributed by atoms with Gasteiger partial charge in [0.15, 0.2) is 0 Å². The predicted molar refractivity (Wildman–Crippen MR) is 106 cm³/mol. The summed E-state index contributed by atoms with van der Waals surface area (Å²) in [6.45, 7) is 2.02. The normalized spacial score (nSPS) is 23.0. The fraction of sp³-hybridized carbons (Fsp3) is 0.652. The van der Waals surface area contributed by atoms with E-state index in [4.69, 9.17) is 9.47 Å². The molecule has 0 atom stereocenters. The van der Waals surface area contributed by atoms with Crippen LogP contribution in [0.3, 0.4) is 0 Å². The molecule has 0 radical (unpaired) electrons. The van der Waals surface area contributed by atoms with Gasteiger partial charge in [-0.3, -0.25) is 9.59 Å². The van der Waals surface area contributed by atoms with Crippen molar-refractivity contribution in [3.63, 3.8) is 0 Å². The number of carbonyl (C=O) groups is 2. The monoisotopic (exact) mass is 385 g/mol. The first-order valence-electron chi connectivity index (χ1n) is 10.8. The van der Waals surface area contributed by atoms with Gasteiger partial charge in [-0.05, 0) is 62.5 Å². The van der Waals surface area contributed by atoms with Crippen LogP contribution in [0, 0.1) is 11.3 Å². The molecule has 3 aliphatic rings. The van der Waals surface area contributed by atoms with E-state index in [-0.39, 0.29) is 18.5 Å². The molecule has 0 N–H and O–H groups in total. The van der Waals surface area contributed by atoms with Gasteiger partial charge in [0.1, 0.15) is 19.0 Å². The van der Waals surface area contributed by atoms with E-state index in [0.29, 0.717) is 32.0 Å². The molecule has 0 bridgehead atoms. The average molecular weight is 386 g/mol. The van der Waals surface area contributed by atoms with Crippen LogP contribution in [0.5, 0.6) is 5.75 Å². The smallest absolute Gasteiger partial charge is 0.312 e. The number of cyclic esters (lactones) is 1. The summed E-state index contributed by atoms with van der Waals surface area (Å²) < 4.78 is 11.5. The summed E-state index contributed by atoms with van der Waals surface area (Å²) in [7, 11) is 0. The Hall–Kier alpha value is -2.04. The second-order valence-corrected chi connectivity index (χ2v) is 8.61. The lowest BCUT2D eigenvalue weighted by Crippen LogP contribution is -2.47. The molecule has 0 aromatic heterocycles. The second-order valence-electron chi connectivity index (χ2n) is 8.61. The number of piperidine rings is 1. The van der Waals surface area contributed by atoms with Gasteiger partial charge in [0.2, 0.25) is 5.91 Å². The summed E-state index contributed by atoms with van der Waals surface area (Å²) in [6.07, 6.45) is 8.35. The van der Waals surface area contributed by atoms with Crippen molar-refractivity contribution in [2.45, 2.75) is 57.8 Å². The number of esters is 1. The van der Waals surface area contributed by atoms with E-state index in [1.165, 1.54) is 18.4 Å². The lowest BCUT2D eigenvalue weighted by atomic mass is 9.74.